The Morgan fingerprint density at radius 3 is 2.87 bits per heavy atom. The van der Waals surface area contributed by atoms with Gasteiger partial charge < -0.3 is 9.67 Å². The van der Waals surface area contributed by atoms with Crippen molar-refractivity contribution in [3.05, 3.63) is 51.1 Å². The van der Waals surface area contributed by atoms with Crippen LogP contribution in [0.2, 0.25) is 5.02 Å². The van der Waals surface area contributed by atoms with Crippen molar-refractivity contribution in [2.75, 3.05) is 0 Å². The number of hydrogen-bond acceptors (Lipinski definition) is 5. The summed E-state index contributed by atoms with van der Waals surface area (Å²) in [5.41, 5.74) is 1.42. The Balaban J connectivity index is 2.09. The summed E-state index contributed by atoms with van der Waals surface area (Å²) in [6.45, 7) is 1.50. The van der Waals surface area contributed by atoms with Gasteiger partial charge in [-0.15, -0.1) is 11.3 Å². The molecule has 1 N–H and O–H groups in total. The van der Waals surface area contributed by atoms with Crippen LogP contribution in [0.5, 0.6) is 0 Å². The molecule has 0 atom stereocenters. The summed E-state index contributed by atoms with van der Waals surface area (Å²) in [4.78, 5) is 28.5. The summed E-state index contributed by atoms with van der Waals surface area (Å²) in [5, 5.41) is 12.4. The second-order valence-corrected chi connectivity index (χ2v) is 6.25. The summed E-state index contributed by atoms with van der Waals surface area (Å²) < 4.78 is 1.56. The molecule has 1 aromatic carbocycles. The van der Waals surface area contributed by atoms with E-state index in [1.807, 2.05) is 0 Å². The van der Waals surface area contributed by atoms with Gasteiger partial charge in [-0.3, -0.25) is 9.59 Å². The number of Topliss-reactive ketones (excluding diaryl/α,β-unsaturated/α-hetero) is 1. The monoisotopic (exact) mass is 348 g/mol. The molecule has 2 aromatic heterocycles. The zero-order valence-corrected chi connectivity index (χ0v) is 13.8. The number of ketones is 2. The van der Waals surface area contributed by atoms with Gasteiger partial charge in [0.25, 0.3) is 0 Å². The lowest BCUT2D eigenvalue weighted by Crippen LogP contribution is -2.03. The van der Waals surface area contributed by atoms with E-state index in [1.54, 1.807) is 41.3 Å². The molecule has 0 fully saturated rings. The Bertz CT molecular complexity index is 913. The van der Waals surface area contributed by atoms with E-state index >= 15 is 0 Å². The molecule has 3 rings (SSSR count). The van der Waals surface area contributed by atoms with Crippen LogP contribution >= 0.6 is 22.9 Å². The molecule has 5 nitrogen and oxygen atoms in total. The van der Waals surface area contributed by atoms with Crippen LogP contribution in [0, 0.1) is 0 Å². The smallest absolute Gasteiger partial charge is 0.223 e. The van der Waals surface area contributed by atoms with Crippen LogP contribution in [0.25, 0.3) is 10.9 Å². The van der Waals surface area contributed by atoms with Crippen LogP contribution in [0.1, 0.15) is 39.2 Å². The van der Waals surface area contributed by atoms with Gasteiger partial charge in [-0.25, -0.2) is 4.98 Å². The topological polar surface area (TPSA) is 72.2 Å². The predicted molar refractivity (Wildman–Crippen MR) is 89.3 cm³/mol. The van der Waals surface area contributed by atoms with E-state index in [0.29, 0.717) is 33.6 Å². The van der Waals surface area contributed by atoms with Gasteiger partial charge in [-0.05, 0) is 18.2 Å². The molecule has 0 aliphatic heterocycles. The summed E-state index contributed by atoms with van der Waals surface area (Å²) in [5.74, 6) is -0.384. The molecule has 2 heterocycles. The first kappa shape index (κ1) is 15.9. The van der Waals surface area contributed by atoms with Gasteiger partial charge >= 0.3 is 0 Å². The van der Waals surface area contributed by atoms with E-state index in [1.165, 1.54) is 0 Å². The third-order valence-electron chi connectivity index (χ3n) is 3.55. The predicted octanol–water partition coefficient (Wildman–Crippen LogP) is 3.52. The minimum atomic E-state index is -0.287. The number of nitrogens with zero attached hydrogens (tertiary/aromatic N) is 2. The van der Waals surface area contributed by atoms with Crippen molar-refractivity contribution in [3.63, 3.8) is 0 Å². The highest BCUT2D eigenvalue weighted by molar-refractivity contribution is 7.12. The molecule has 0 aliphatic carbocycles. The highest BCUT2D eigenvalue weighted by atomic mass is 35.5. The molecular weight excluding hydrogens is 336 g/mol. The van der Waals surface area contributed by atoms with Crippen LogP contribution < -0.4 is 0 Å². The van der Waals surface area contributed by atoms with Crippen LogP contribution in [0.15, 0.2) is 29.8 Å². The van der Waals surface area contributed by atoms with E-state index in [2.05, 4.69) is 4.98 Å². The molecule has 23 heavy (non-hydrogen) atoms. The van der Waals surface area contributed by atoms with Gasteiger partial charge in [0.1, 0.15) is 12.4 Å². The zero-order chi connectivity index (χ0) is 16.6. The summed E-state index contributed by atoms with van der Waals surface area (Å²) in [6.07, 6.45) is 1.92. The van der Waals surface area contributed by atoms with Gasteiger partial charge in [-0.1, -0.05) is 18.5 Å². The fourth-order valence-corrected chi connectivity index (χ4v) is 3.32. The third kappa shape index (κ3) is 2.81. The first-order valence-corrected chi connectivity index (χ1v) is 8.23. The molecule has 0 saturated heterocycles. The minimum Gasteiger partial charge on any atom is -0.376 e. The van der Waals surface area contributed by atoms with E-state index in [4.69, 9.17) is 11.6 Å². The van der Waals surface area contributed by atoms with Gasteiger partial charge in [0, 0.05) is 28.4 Å². The number of benzene rings is 1. The van der Waals surface area contributed by atoms with Crippen LogP contribution in [-0.4, -0.2) is 26.2 Å². The molecule has 0 aliphatic rings. The Kier molecular flexibility index (Phi) is 4.30. The fourth-order valence-electron chi connectivity index (χ4n) is 2.37. The molecule has 0 unspecified atom stereocenters. The largest absolute Gasteiger partial charge is 0.376 e. The average Bonchev–Trinajstić information content (AvgIpc) is 3.18. The lowest BCUT2D eigenvalue weighted by Gasteiger charge is -1.98. The SMILES string of the molecule is CCC(=O)c1csc(C(=O)c2cn(CO)c3ccc(Cl)cc23)n1. The van der Waals surface area contributed by atoms with Crippen molar-refractivity contribution in [2.24, 2.45) is 0 Å². The molecule has 0 saturated carbocycles. The highest BCUT2D eigenvalue weighted by Gasteiger charge is 2.21. The molecular formula is C16H13ClN2O3S. The van der Waals surface area contributed by atoms with Crippen LogP contribution in [0.3, 0.4) is 0 Å². The quantitative estimate of drug-likeness (QED) is 0.716. The molecule has 118 valence electrons. The van der Waals surface area contributed by atoms with Crippen molar-refractivity contribution in [3.8, 4) is 0 Å². The fraction of sp³-hybridized carbons (Fsp3) is 0.188. The van der Waals surface area contributed by atoms with Crippen LogP contribution in [0.4, 0.5) is 0 Å². The number of aromatic nitrogens is 2. The summed E-state index contributed by atoms with van der Waals surface area (Å²) in [6, 6.07) is 5.13. The normalized spacial score (nSPS) is 11.1. The molecule has 0 radical (unpaired) electrons. The standard InChI is InChI=1S/C16H13ClN2O3S/c1-2-14(21)12-7-23-16(18-12)15(22)11-6-19(8-20)13-4-3-9(17)5-10(11)13/h3-7,20H,2,8H2,1H3. The first-order valence-electron chi connectivity index (χ1n) is 6.97. The van der Waals surface area contributed by atoms with E-state index in [0.717, 1.165) is 11.3 Å². The Hall–Kier alpha value is -2.02. The number of rotatable bonds is 5. The Labute approximate surface area is 141 Å². The van der Waals surface area contributed by atoms with E-state index < -0.39 is 0 Å². The Morgan fingerprint density at radius 1 is 1.39 bits per heavy atom. The maximum atomic E-state index is 12.7. The number of hydrogen-bond donors (Lipinski definition) is 1. The highest BCUT2D eigenvalue weighted by Crippen LogP contribution is 2.27. The minimum absolute atomic E-state index is 0.0962. The summed E-state index contributed by atoms with van der Waals surface area (Å²) >= 11 is 7.16. The maximum absolute atomic E-state index is 12.7. The van der Waals surface area contributed by atoms with Crippen LogP contribution in [-0.2, 0) is 6.73 Å². The number of halogens is 1. The van der Waals surface area contributed by atoms with Gasteiger partial charge in [0.05, 0.1) is 11.1 Å². The van der Waals surface area contributed by atoms with Crippen molar-refractivity contribution < 1.29 is 14.7 Å². The van der Waals surface area contributed by atoms with Gasteiger partial charge in [0.2, 0.25) is 5.78 Å². The number of carbonyl (C=O) groups excluding carboxylic acids is 2. The molecule has 0 spiro atoms. The number of carbonyl (C=O) groups is 2. The second-order valence-electron chi connectivity index (χ2n) is 4.96. The van der Waals surface area contributed by atoms with Gasteiger partial charge in [-0.2, -0.15) is 0 Å². The van der Waals surface area contributed by atoms with E-state index in [9.17, 15) is 14.7 Å². The summed E-state index contributed by atoms with van der Waals surface area (Å²) in [7, 11) is 0. The lowest BCUT2D eigenvalue weighted by atomic mass is 10.1. The first-order chi connectivity index (χ1) is 11.0. The Morgan fingerprint density at radius 2 is 2.17 bits per heavy atom. The van der Waals surface area contributed by atoms with Crippen molar-refractivity contribution in [2.45, 2.75) is 20.1 Å². The zero-order valence-electron chi connectivity index (χ0n) is 12.2. The van der Waals surface area contributed by atoms with E-state index in [-0.39, 0.29) is 23.3 Å². The van der Waals surface area contributed by atoms with Crippen molar-refractivity contribution >= 4 is 45.4 Å². The molecule has 7 heteroatoms. The molecule has 3 aromatic rings. The molecule has 0 amide bonds. The maximum Gasteiger partial charge on any atom is 0.223 e. The lowest BCUT2D eigenvalue weighted by molar-refractivity contribution is 0.0984. The van der Waals surface area contributed by atoms with Crippen molar-refractivity contribution in [1.29, 1.82) is 0 Å². The number of fused-ring (bicyclic) bond motifs is 1. The number of aliphatic hydroxyl groups is 1. The number of aliphatic hydroxyl groups excluding tert-OH is 1. The molecule has 0 bridgehead atoms. The average molecular weight is 349 g/mol. The third-order valence-corrected chi connectivity index (χ3v) is 4.62. The van der Waals surface area contributed by atoms with Crippen molar-refractivity contribution in [1.82, 2.24) is 9.55 Å². The van der Waals surface area contributed by atoms with Gasteiger partial charge in [0.15, 0.2) is 10.8 Å². The second kappa shape index (κ2) is 6.23. The number of thiazole rings is 1.